The topological polar surface area (TPSA) is 67.9 Å². The van der Waals surface area contributed by atoms with Gasteiger partial charge in [0.1, 0.15) is 11.8 Å². The van der Waals surface area contributed by atoms with Crippen molar-refractivity contribution in [2.24, 2.45) is 0 Å². The van der Waals surface area contributed by atoms with Crippen LogP contribution in [0.3, 0.4) is 0 Å². The van der Waals surface area contributed by atoms with Crippen molar-refractivity contribution in [3.8, 4) is 18.1 Å². The Bertz CT molecular complexity index is 767. The number of thiocarbonyl (C=S) groups is 1. The molecule has 0 bridgehead atoms. The van der Waals surface area contributed by atoms with Gasteiger partial charge in [-0.3, -0.25) is 9.59 Å². The number of terminal acetylenes is 1. The third kappa shape index (κ3) is 8.64. The molecule has 0 aromatic heterocycles. The zero-order valence-electron chi connectivity index (χ0n) is 18.2. The molecule has 8 heteroatoms. The molecule has 1 aromatic rings. The predicted octanol–water partition coefficient (Wildman–Crippen LogP) is 3.56. The van der Waals surface area contributed by atoms with Crippen LogP contribution in [0.5, 0.6) is 5.75 Å². The van der Waals surface area contributed by atoms with E-state index in [2.05, 4.69) is 11.2 Å². The molecule has 2 amide bonds. The van der Waals surface area contributed by atoms with Gasteiger partial charge in [0.15, 0.2) is 0 Å². The summed E-state index contributed by atoms with van der Waals surface area (Å²) in [6.07, 6.45) is 5.76. The van der Waals surface area contributed by atoms with Gasteiger partial charge in [-0.15, -0.1) is 12.3 Å². The monoisotopic (exact) mass is 450 g/mol. The van der Waals surface area contributed by atoms with E-state index in [1.807, 2.05) is 27.7 Å². The molecular formula is C22H30N2O4S2. The first-order valence-corrected chi connectivity index (χ1v) is 11.0. The predicted molar refractivity (Wildman–Crippen MR) is 125 cm³/mol. The van der Waals surface area contributed by atoms with Crippen molar-refractivity contribution in [2.75, 3.05) is 26.0 Å². The Morgan fingerprint density at radius 2 is 1.93 bits per heavy atom. The molecule has 0 saturated heterocycles. The second-order valence-electron chi connectivity index (χ2n) is 7.43. The highest BCUT2D eigenvalue weighted by atomic mass is 32.2. The summed E-state index contributed by atoms with van der Waals surface area (Å²) in [5, 5.41) is 2.97. The molecule has 1 atom stereocenters. The summed E-state index contributed by atoms with van der Waals surface area (Å²) in [7, 11) is 1.57. The van der Waals surface area contributed by atoms with Gasteiger partial charge in [0.2, 0.25) is 16.2 Å². The number of methoxy groups -OCH3 is 1. The first kappa shape index (κ1) is 25.8. The number of benzene rings is 1. The Morgan fingerprint density at radius 3 is 2.43 bits per heavy atom. The molecule has 30 heavy (non-hydrogen) atoms. The van der Waals surface area contributed by atoms with Crippen molar-refractivity contribution < 1.29 is 19.1 Å². The van der Waals surface area contributed by atoms with E-state index in [9.17, 15) is 9.59 Å². The maximum Gasteiger partial charge on any atom is 0.247 e. The fraction of sp³-hybridized carbons (Fsp3) is 0.500. The number of nitrogens with zero attached hydrogens (tertiary/aromatic N) is 1. The number of ether oxygens (including phenoxy) is 2. The lowest BCUT2D eigenvalue weighted by atomic mass is 10.0. The Balaban J connectivity index is 3.25. The van der Waals surface area contributed by atoms with Crippen molar-refractivity contribution in [3.63, 3.8) is 0 Å². The molecule has 0 saturated carbocycles. The average molecular weight is 451 g/mol. The molecule has 0 aliphatic heterocycles. The average Bonchev–Trinajstić information content (AvgIpc) is 2.68. The smallest absolute Gasteiger partial charge is 0.247 e. The Labute approximate surface area is 189 Å². The van der Waals surface area contributed by atoms with Gasteiger partial charge in [-0.25, -0.2) is 0 Å². The Hall–Kier alpha value is -2.24. The van der Waals surface area contributed by atoms with Crippen LogP contribution in [0.2, 0.25) is 0 Å². The van der Waals surface area contributed by atoms with Crippen molar-refractivity contribution in [2.45, 2.75) is 45.7 Å². The van der Waals surface area contributed by atoms with Gasteiger partial charge >= 0.3 is 0 Å². The fourth-order valence-corrected chi connectivity index (χ4v) is 3.55. The zero-order valence-corrected chi connectivity index (χ0v) is 19.8. The molecule has 6 nitrogen and oxygen atoms in total. The number of carbonyl (C=O) groups is 2. The van der Waals surface area contributed by atoms with Gasteiger partial charge in [-0.2, -0.15) is 0 Å². The lowest BCUT2D eigenvalue weighted by molar-refractivity contribution is -0.139. The molecule has 1 aromatic carbocycles. The van der Waals surface area contributed by atoms with Crippen molar-refractivity contribution in [1.29, 1.82) is 0 Å². The largest absolute Gasteiger partial charge is 0.497 e. The quantitative estimate of drug-likeness (QED) is 0.458. The van der Waals surface area contributed by atoms with Crippen LogP contribution in [-0.2, 0) is 14.3 Å². The molecule has 0 spiro atoms. The van der Waals surface area contributed by atoms with Crippen LogP contribution in [0.4, 0.5) is 0 Å². The van der Waals surface area contributed by atoms with Gasteiger partial charge in [-0.1, -0.05) is 23.9 Å². The minimum absolute atomic E-state index is 0.0544. The van der Waals surface area contributed by atoms with Crippen LogP contribution in [0.15, 0.2) is 24.3 Å². The fourth-order valence-electron chi connectivity index (χ4n) is 2.64. The molecule has 1 N–H and O–H groups in total. The maximum atomic E-state index is 13.2. The number of thioether (sulfide) groups is 1. The van der Waals surface area contributed by atoms with Crippen LogP contribution >= 0.6 is 24.0 Å². The Morgan fingerprint density at radius 1 is 1.30 bits per heavy atom. The van der Waals surface area contributed by atoms with Gasteiger partial charge in [0.25, 0.3) is 0 Å². The van der Waals surface area contributed by atoms with E-state index in [-0.39, 0.29) is 24.1 Å². The maximum absolute atomic E-state index is 13.2. The number of rotatable bonds is 9. The van der Waals surface area contributed by atoms with Crippen molar-refractivity contribution in [3.05, 3.63) is 29.8 Å². The van der Waals surface area contributed by atoms with E-state index in [4.69, 9.17) is 28.1 Å². The molecule has 0 heterocycles. The third-order valence-electron chi connectivity index (χ3n) is 3.88. The highest BCUT2D eigenvalue weighted by Gasteiger charge is 2.33. The van der Waals surface area contributed by atoms with E-state index < -0.39 is 11.6 Å². The molecule has 0 fully saturated rings. The second kappa shape index (κ2) is 12.5. The van der Waals surface area contributed by atoms with Crippen LogP contribution in [0.1, 0.15) is 45.7 Å². The van der Waals surface area contributed by atoms with E-state index >= 15 is 0 Å². The van der Waals surface area contributed by atoms with Crippen LogP contribution in [-0.4, -0.2) is 52.7 Å². The lowest BCUT2D eigenvalue weighted by Crippen LogP contribution is -2.50. The summed E-state index contributed by atoms with van der Waals surface area (Å²) < 4.78 is 10.7. The third-order valence-corrected chi connectivity index (χ3v) is 5.10. The normalized spacial score (nSPS) is 11.7. The van der Waals surface area contributed by atoms with Gasteiger partial charge in [-0.05, 0) is 57.6 Å². The van der Waals surface area contributed by atoms with Crippen LogP contribution in [0, 0.1) is 12.3 Å². The number of amides is 2. The number of nitrogens with one attached hydrogen (secondary N) is 1. The standard InChI is InChI=1S/C22H30N2O4S2/c1-7-9-14-24(18(25)15-30-21(29)28-8-2)19(20(26)23-22(3,4)5)16-10-12-17(27-6)13-11-16/h1,10-13,19H,8-9,14-15H2,2-6H3,(H,23,26). The van der Waals surface area contributed by atoms with Crippen molar-refractivity contribution >= 4 is 40.2 Å². The van der Waals surface area contributed by atoms with Crippen LogP contribution < -0.4 is 10.1 Å². The first-order chi connectivity index (χ1) is 14.1. The summed E-state index contributed by atoms with van der Waals surface area (Å²) >= 11 is 6.23. The van der Waals surface area contributed by atoms with Gasteiger partial charge in [0.05, 0.1) is 19.5 Å². The molecular weight excluding hydrogens is 420 g/mol. The van der Waals surface area contributed by atoms with Gasteiger partial charge in [0, 0.05) is 18.5 Å². The van der Waals surface area contributed by atoms with Crippen molar-refractivity contribution in [1.82, 2.24) is 10.2 Å². The number of hydrogen-bond donors (Lipinski definition) is 1. The molecule has 1 rings (SSSR count). The molecule has 0 aliphatic carbocycles. The summed E-state index contributed by atoms with van der Waals surface area (Å²) in [6.45, 7) is 8.17. The second-order valence-corrected chi connectivity index (χ2v) is 9.01. The number of carbonyl (C=O) groups excluding carboxylic acids is 2. The van der Waals surface area contributed by atoms with E-state index in [0.29, 0.717) is 28.7 Å². The molecule has 0 radical (unpaired) electrons. The highest BCUT2D eigenvalue weighted by Crippen LogP contribution is 2.26. The SMILES string of the molecule is C#CCCN(C(=O)CSC(=S)OCC)C(C(=O)NC(C)(C)C)c1ccc(OC)cc1. The summed E-state index contributed by atoms with van der Waals surface area (Å²) in [6, 6.07) is 6.24. The molecule has 0 aliphatic rings. The van der Waals surface area contributed by atoms with E-state index in [0.717, 1.165) is 11.8 Å². The summed E-state index contributed by atoms with van der Waals surface area (Å²) in [4.78, 5) is 27.8. The summed E-state index contributed by atoms with van der Waals surface area (Å²) in [5.41, 5.74) is 0.203. The summed E-state index contributed by atoms with van der Waals surface area (Å²) in [5.74, 6) is 2.73. The molecule has 164 valence electrons. The van der Waals surface area contributed by atoms with Crippen LogP contribution in [0.25, 0.3) is 0 Å². The minimum Gasteiger partial charge on any atom is -0.497 e. The van der Waals surface area contributed by atoms with E-state index in [1.54, 1.807) is 31.4 Å². The van der Waals surface area contributed by atoms with E-state index in [1.165, 1.54) is 4.90 Å². The lowest BCUT2D eigenvalue weighted by Gasteiger charge is -2.33. The highest BCUT2D eigenvalue weighted by molar-refractivity contribution is 8.23. The zero-order chi connectivity index (χ0) is 22.7. The Kier molecular flexibility index (Phi) is 10.7. The minimum atomic E-state index is -0.836. The van der Waals surface area contributed by atoms with Gasteiger partial charge < -0.3 is 19.7 Å². The first-order valence-electron chi connectivity index (χ1n) is 9.61. The number of hydrogen-bond acceptors (Lipinski definition) is 6. The molecule has 1 unspecified atom stereocenters.